The Morgan fingerprint density at radius 1 is 0.765 bits per heavy atom. The van der Waals surface area contributed by atoms with Crippen LogP contribution in [-0.2, 0) is 20.7 Å². The van der Waals surface area contributed by atoms with Gasteiger partial charge in [0, 0.05) is 6.42 Å². The average molecular weight is 477 g/mol. The molecule has 0 aromatic heterocycles. The van der Waals surface area contributed by atoms with E-state index in [4.69, 9.17) is 9.84 Å². The fourth-order valence-corrected chi connectivity index (χ4v) is 3.81. The predicted octanol–water partition coefficient (Wildman–Crippen LogP) is 8.71. The maximum Gasteiger partial charge on any atom is 0.310 e. The molecule has 4 heteroatoms. The number of carboxylic acids is 1. The molecule has 0 spiro atoms. The minimum Gasteiger partial charge on any atom is -0.481 e. The van der Waals surface area contributed by atoms with E-state index < -0.39 is 11.9 Å². The largest absolute Gasteiger partial charge is 0.481 e. The molecule has 1 N–H and O–H groups in total. The Morgan fingerprint density at radius 2 is 1.24 bits per heavy atom. The summed E-state index contributed by atoms with van der Waals surface area (Å²) < 4.78 is 5.10. The van der Waals surface area contributed by atoms with Gasteiger partial charge in [-0.05, 0) is 50.7 Å². The zero-order chi connectivity index (χ0) is 25.8. The standard InChI is InChI=1S/C17H34O2.C13H18O2/c1-4-5-6-7-8-9-10-11-12-13-14-15-17(18)19-16(2)3;1-9(2)8-11-4-6-12(7-5-11)10(3)13(14)15/h16H,4-15H2,1-3H3;4-7,9-10H,8H2,1-3H3,(H,14,15). The van der Waals surface area contributed by atoms with E-state index in [-0.39, 0.29) is 12.1 Å². The number of aliphatic carboxylic acids is 1. The molecule has 34 heavy (non-hydrogen) atoms. The number of hydrogen-bond donors (Lipinski definition) is 1. The quantitative estimate of drug-likeness (QED) is 0.180. The van der Waals surface area contributed by atoms with Gasteiger partial charge in [0.1, 0.15) is 0 Å². The van der Waals surface area contributed by atoms with Gasteiger partial charge in [-0.3, -0.25) is 9.59 Å². The lowest BCUT2D eigenvalue weighted by Crippen LogP contribution is -2.10. The summed E-state index contributed by atoms with van der Waals surface area (Å²) in [7, 11) is 0. The summed E-state index contributed by atoms with van der Waals surface area (Å²) in [5.74, 6) is -0.594. The monoisotopic (exact) mass is 476 g/mol. The van der Waals surface area contributed by atoms with Crippen molar-refractivity contribution in [2.75, 3.05) is 0 Å². The molecular formula is C30H52O4. The van der Waals surface area contributed by atoms with Crippen molar-refractivity contribution in [2.24, 2.45) is 5.92 Å². The molecule has 0 saturated carbocycles. The Labute approximate surface area is 209 Å². The van der Waals surface area contributed by atoms with Crippen molar-refractivity contribution >= 4 is 11.9 Å². The number of rotatable bonds is 17. The highest BCUT2D eigenvalue weighted by atomic mass is 16.5. The second-order valence-electron chi connectivity index (χ2n) is 10.2. The van der Waals surface area contributed by atoms with E-state index >= 15 is 0 Å². The Bertz CT molecular complexity index is 634. The maximum atomic E-state index is 11.3. The van der Waals surface area contributed by atoms with Gasteiger partial charge in [0.2, 0.25) is 0 Å². The van der Waals surface area contributed by atoms with Crippen LogP contribution >= 0.6 is 0 Å². The molecule has 0 radical (unpaired) electrons. The zero-order valence-electron chi connectivity index (χ0n) is 22.9. The van der Waals surface area contributed by atoms with Crippen molar-refractivity contribution < 1.29 is 19.4 Å². The SMILES string of the molecule is CC(C)Cc1ccc(C(C)C(=O)O)cc1.CCCCCCCCCCCCCC(=O)OC(C)C. The van der Waals surface area contributed by atoms with Crippen LogP contribution in [0.5, 0.6) is 0 Å². The van der Waals surface area contributed by atoms with Crippen LogP contribution in [0, 0.1) is 5.92 Å². The molecule has 1 unspecified atom stereocenters. The van der Waals surface area contributed by atoms with Gasteiger partial charge in [-0.2, -0.15) is 0 Å². The minimum atomic E-state index is -0.772. The number of hydrogen-bond acceptors (Lipinski definition) is 3. The first kappa shape index (κ1) is 32.2. The molecule has 196 valence electrons. The van der Waals surface area contributed by atoms with Gasteiger partial charge in [-0.1, -0.05) is 109 Å². The molecule has 1 rings (SSSR count). The van der Waals surface area contributed by atoms with E-state index in [0.717, 1.165) is 18.4 Å². The summed E-state index contributed by atoms with van der Waals surface area (Å²) in [6, 6.07) is 7.87. The highest BCUT2D eigenvalue weighted by Gasteiger charge is 2.13. The van der Waals surface area contributed by atoms with Gasteiger partial charge in [0.05, 0.1) is 12.0 Å². The van der Waals surface area contributed by atoms with Crippen LogP contribution in [0.25, 0.3) is 0 Å². The molecule has 0 aliphatic heterocycles. The Balaban J connectivity index is 0.000000657. The van der Waals surface area contributed by atoms with E-state index in [1.54, 1.807) is 6.92 Å². The van der Waals surface area contributed by atoms with E-state index in [0.29, 0.717) is 12.3 Å². The lowest BCUT2D eigenvalue weighted by molar-refractivity contribution is -0.147. The van der Waals surface area contributed by atoms with Crippen molar-refractivity contribution in [3.8, 4) is 0 Å². The van der Waals surface area contributed by atoms with Crippen molar-refractivity contribution in [1.29, 1.82) is 0 Å². The second-order valence-corrected chi connectivity index (χ2v) is 10.2. The van der Waals surface area contributed by atoms with Crippen molar-refractivity contribution in [3.63, 3.8) is 0 Å². The molecule has 1 atom stereocenters. The molecule has 0 aliphatic rings. The molecule has 0 bridgehead atoms. The molecule has 4 nitrogen and oxygen atoms in total. The lowest BCUT2D eigenvalue weighted by atomic mass is 9.97. The molecule has 0 amide bonds. The third kappa shape index (κ3) is 18.6. The molecular weight excluding hydrogens is 424 g/mol. The van der Waals surface area contributed by atoms with Gasteiger partial charge in [-0.25, -0.2) is 0 Å². The predicted molar refractivity (Wildman–Crippen MR) is 143 cm³/mol. The van der Waals surface area contributed by atoms with Crippen molar-refractivity contribution in [3.05, 3.63) is 35.4 Å². The topological polar surface area (TPSA) is 63.6 Å². The first-order valence-corrected chi connectivity index (χ1v) is 13.7. The summed E-state index contributed by atoms with van der Waals surface area (Å²) in [6.07, 6.45) is 16.1. The smallest absolute Gasteiger partial charge is 0.310 e. The van der Waals surface area contributed by atoms with Crippen molar-refractivity contribution in [1.82, 2.24) is 0 Å². The number of carbonyl (C=O) groups excluding carboxylic acids is 1. The summed E-state index contributed by atoms with van der Waals surface area (Å²) in [6.45, 7) is 12.1. The minimum absolute atomic E-state index is 0.0280. The number of ether oxygens (including phenoxy) is 1. The molecule has 0 aliphatic carbocycles. The first-order valence-electron chi connectivity index (χ1n) is 13.7. The zero-order valence-corrected chi connectivity index (χ0v) is 22.9. The normalized spacial score (nSPS) is 11.8. The maximum absolute atomic E-state index is 11.3. The van der Waals surface area contributed by atoms with Crippen LogP contribution in [0.4, 0.5) is 0 Å². The molecule has 1 aromatic rings. The van der Waals surface area contributed by atoms with Crippen LogP contribution in [0.3, 0.4) is 0 Å². The van der Waals surface area contributed by atoms with E-state index in [1.807, 2.05) is 38.1 Å². The van der Waals surface area contributed by atoms with E-state index in [9.17, 15) is 9.59 Å². The highest BCUT2D eigenvalue weighted by Crippen LogP contribution is 2.17. The van der Waals surface area contributed by atoms with Gasteiger partial charge in [-0.15, -0.1) is 0 Å². The number of carbonyl (C=O) groups is 2. The third-order valence-corrected chi connectivity index (χ3v) is 5.85. The fraction of sp³-hybridized carbons (Fsp3) is 0.733. The van der Waals surface area contributed by atoms with Crippen LogP contribution in [-0.4, -0.2) is 23.1 Å². The Kier molecular flexibility index (Phi) is 19.4. The lowest BCUT2D eigenvalue weighted by Gasteiger charge is -2.09. The van der Waals surface area contributed by atoms with Gasteiger partial charge >= 0.3 is 11.9 Å². The number of benzene rings is 1. The van der Waals surface area contributed by atoms with Crippen LogP contribution in [0.2, 0.25) is 0 Å². The number of unbranched alkanes of at least 4 members (excludes halogenated alkanes) is 10. The van der Waals surface area contributed by atoms with Crippen LogP contribution in [0.1, 0.15) is 136 Å². The fourth-order valence-electron chi connectivity index (χ4n) is 3.81. The molecule has 0 saturated heterocycles. The molecule has 1 aromatic carbocycles. The third-order valence-electron chi connectivity index (χ3n) is 5.85. The summed E-state index contributed by atoms with van der Waals surface area (Å²) in [5.41, 5.74) is 2.14. The van der Waals surface area contributed by atoms with Gasteiger partial charge in [0.25, 0.3) is 0 Å². The van der Waals surface area contributed by atoms with E-state index in [1.165, 1.54) is 69.8 Å². The highest BCUT2D eigenvalue weighted by molar-refractivity contribution is 5.75. The Hall–Kier alpha value is -1.84. The number of esters is 1. The molecule has 0 heterocycles. The Morgan fingerprint density at radius 3 is 1.65 bits per heavy atom. The average Bonchev–Trinajstić information content (AvgIpc) is 2.77. The summed E-state index contributed by atoms with van der Waals surface area (Å²) in [4.78, 5) is 22.1. The second kappa shape index (κ2) is 20.5. The van der Waals surface area contributed by atoms with Crippen molar-refractivity contribution in [2.45, 2.75) is 137 Å². The van der Waals surface area contributed by atoms with Gasteiger partial charge in [0.15, 0.2) is 0 Å². The van der Waals surface area contributed by atoms with E-state index in [2.05, 4.69) is 20.8 Å². The molecule has 0 fully saturated rings. The van der Waals surface area contributed by atoms with Gasteiger partial charge < -0.3 is 9.84 Å². The van der Waals surface area contributed by atoms with Crippen LogP contribution in [0.15, 0.2) is 24.3 Å². The number of carboxylic acid groups (broad SMARTS) is 1. The summed E-state index contributed by atoms with van der Waals surface area (Å²) >= 11 is 0. The van der Waals surface area contributed by atoms with Crippen LogP contribution < -0.4 is 0 Å². The first-order chi connectivity index (χ1) is 16.2. The summed E-state index contributed by atoms with van der Waals surface area (Å²) in [5, 5.41) is 8.85.